The van der Waals surface area contributed by atoms with Gasteiger partial charge in [0.2, 0.25) is 0 Å². The Morgan fingerprint density at radius 3 is 2.95 bits per heavy atom. The summed E-state index contributed by atoms with van der Waals surface area (Å²) in [6, 6.07) is 0.518. The van der Waals surface area contributed by atoms with Crippen LogP contribution in [0.1, 0.15) is 58.1 Å². The smallest absolute Gasteiger partial charge is 0.0949 e. The molecule has 4 nitrogen and oxygen atoms in total. The molecule has 112 valence electrons. The molecule has 0 saturated heterocycles. The molecule has 1 aliphatic heterocycles. The van der Waals surface area contributed by atoms with Gasteiger partial charge in [-0.2, -0.15) is 0 Å². The fraction of sp³-hybridized carbons (Fsp3) is 0.750. The average Bonchev–Trinajstić information content (AvgIpc) is 3.13. The van der Waals surface area contributed by atoms with Crippen LogP contribution in [-0.4, -0.2) is 28.5 Å². The lowest BCUT2D eigenvalue weighted by atomic mass is 9.86. The zero-order chi connectivity index (χ0) is 14.4. The normalized spacial score (nSPS) is 20.9. The molecule has 3 atom stereocenters. The number of unbranched alkanes of at least 4 members (excludes halogenated alkanes) is 1. The first-order valence-corrected chi connectivity index (χ1v) is 8.00. The summed E-state index contributed by atoms with van der Waals surface area (Å²) < 4.78 is 2.23. The molecular weight excluding hydrogens is 248 g/mol. The van der Waals surface area contributed by atoms with E-state index < -0.39 is 0 Å². The number of aromatic nitrogens is 2. The number of hydrogen-bond acceptors (Lipinski definition) is 3. The van der Waals surface area contributed by atoms with Crippen LogP contribution in [0.2, 0.25) is 0 Å². The number of nitrogens with one attached hydrogen (secondary N) is 1. The molecule has 4 heteroatoms. The van der Waals surface area contributed by atoms with Crippen molar-refractivity contribution in [2.45, 2.75) is 65.0 Å². The Morgan fingerprint density at radius 1 is 1.45 bits per heavy atom. The number of imidazole rings is 1. The summed E-state index contributed by atoms with van der Waals surface area (Å²) in [4.78, 5) is 8.89. The number of aliphatic imine (C=N–C) groups is 1. The van der Waals surface area contributed by atoms with Gasteiger partial charge in [0.25, 0.3) is 0 Å². The van der Waals surface area contributed by atoms with E-state index in [-0.39, 0.29) is 0 Å². The Balaban J connectivity index is 1.89. The fourth-order valence-electron chi connectivity index (χ4n) is 2.94. The van der Waals surface area contributed by atoms with Gasteiger partial charge in [-0.3, -0.25) is 4.99 Å². The van der Waals surface area contributed by atoms with E-state index in [0.29, 0.717) is 17.9 Å². The number of hydrogen-bond donors (Lipinski definition) is 1. The van der Waals surface area contributed by atoms with Gasteiger partial charge in [-0.05, 0) is 18.8 Å². The Hall–Kier alpha value is -1.32. The molecule has 0 fully saturated rings. The summed E-state index contributed by atoms with van der Waals surface area (Å²) in [6.45, 7) is 8.81. The van der Waals surface area contributed by atoms with Crippen LogP contribution in [0.15, 0.2) is 17.5 Å². The second-order valence-electron chi connectivity index (χ2n) is 5.96. The molecule has 0 saturated carbocycles. The fourth-order valence-corrected chi connectivity index (χ4v) is 2.94. The third-order valence-electron chi connectivity index (χ3n) is 4.36. The molecule has 1 N–H and O–H groups in total. The summed E-state index contributed by atoms with van der Waals surface area (Å²) in [5.74, 6) is 1.19. The molecule has 0 spiro atoms. The molecule has 1 aromatic rings. The Bertz CT molecular complexity index is 416. The van der Waals surface area contributed by atoms with E-state index >= 15 is 0 Å². The topological polar surface area (TPSA) is 42.2 Å². The van der Waals surface area contributed by atoms with E-state index in [4.69, 9.17) is 0 Å². The van der Waals surface area contributed by atoms with Crippen LogP contribution in [0.25, 0.3) is 0 Å². The maximum Gasteiger partial charge on any atom is 0.0949 e. The van der Waals surface area contributed by atoms with Gasteiger partial charge < -0.3 is 9.88 Å². The molecule has 0 aromatic carbocycles. The molecule has 1 aliphatic rings. The van der Waals surface area contributed by atoms with Crippen molar-refractivity contribution < 1.29 is 0 Å². The molecule has 2 heterocycles. The predicted molar refractivity (Wildman–Crippen MR) is 84.2 cm³/mol. The largest absolute Gasteiger partial charge is 0.372 e. The number of nitrogens with zero attached hydrogens (tertiary/aromatic N) is 3. The average molecular weight is 276 g/mol. The maximum atomic E-state index is 4.59. The summed E-state index contributed by atoms with van der Waals surface area (Å²) >= 11 is 0. The molecule has 0 amide bonds. The Morgan fingerprint density at radius 2 is 2.30 bits per heavy atom. The second-order valence-corrected chi connectivity index (χ2v) is 5.96. The van der Waals surface area contributed by atoms with E-state index in [1.807, 2.05) is 12.7 Å². The highest BCUT2D eigenvalue weighted by molar-refractivity contribution is 5.57. The van der Waals surface area contributed by atoms with Crippen molar-refractivity contribution in [1.29, 1.82) is 0 Å². The molecule has 0 aliphatic carbocycles. The monoisotopic (exact) mass is 276 g/mol. The maximum absolute atomic E-state index is 4.59. The minimum Gasteiger partial charge on any atom is -0.372 e. The lowest BCUT2D eigenvalue weighted by Gasteiger charge is -2.24. The van der Waals surface area contributed by atoms with Gasteiger partial charge in [-0.15, -0.1) is 0 Å². The molecule has 0 bridgehead atoms. The summed E-state index contributed by atoms with van der Waals surface area (Å²) in [7, 11) is 0. The van der Waals surface area contributed by atoms with Crippen molar-refractivity contribution in [3.63, 3.8) is 0 Å². The van der Waals surface area contributed by atoms with Crippen LogP contribution in [0.3, 0.4) is 0 Å². The molecular formula is C16H28N4. The van der Waals surface area contributed by atoms with E-state index in [1.165, 1.54) is 31.4 Å². The van der Waals surface area contributed by atoms with Gasteiger partial charge in [0.15, 0.2) is 0 Å². The van der Waals surface area contributed by atoms with Gasteiger partial charge in [-0.25, -0.2) is 4.98 Å². The van der Waals surface area contributed by atoms with Gasteiger partial charge in [-0.1, -0.05) is 33.6 Å². The third-order valence-corrected chi connectivity index (χ3v) is 4.36. The van der Waals surface area contributed by atoms with Crippen LogP contribution in [0.5, 0.6) is 0 Å². The van der Waals surface area contributed by atoms with Gasteiger partial charge in [0.1, 0.15) is 0 Å². The van der Waals surface area contributed by atoms with Crippen LogP contribution in [-0.2, 0) is 6.54 Å². The van der Waals surface area contributed by atoms with E-state index in [0.717, 1.165) is 13.1 Å². The first-order chi connectivity index (χ1) is 9.74. The first-order valence-electron chi connectivity index (χ1n) is 8.00. The van der Waals surface area contributed by atoms with Crippen LogP contribution >= 0.6 is 0 Å². The van der Waals surface area contributed by atoms with Gasteiger partial charge >= 0.3 is 0 Å². The summed E-state index contributed by atoms with van der Waals surface area (Å²) in [5.41, 5.74) is 1.23. The van der Waals surface area contributed by atoms with E-state index in [9.17, 15) is 0 Å². The second kappa shape index (κ2) is 7.46. The molecule has 0 radical (unpaired) electrons. The molecule has 3 unspecified atom stereocenters. The Kier molecular flexibility index (Phi) is 5.62. The standard InChI is InChI=1S/C16H28N4/c1-4-6-7-20-10-16(19-12-20)13(3)8-14(5-2)15-9-17-11-18-15/h10-15H,4-9H2,1-3H3,(H,17,18). The van der Waals surface area contributed by atoms with Crippen LogP contribution in [0.4, 0.5) is 0 Å². The zero-order valence-electron chi connectivity index (χ0n) is 13.0. The van der Waals surface area contributed by atoms with Gasteiger partial charge in [0, 0.05) is 24.7 Å². The minimum atomic E-state index is 0.518. The van der Waals surface area contributed by atoms with Crippen molar-refractivity contribution in [1.82, 2.24) is 14.9 Å². The number of rotatable bonds is 8. The summed E-state index contributed by atoms with van der Waals surface area (Å²) in [6.07, 6.45) is 10.9. The third kappa shape index (κ3) is 3.84. The van der Waals surface area contributed by atoms with Crippen molar-refractivity contribution >= 4 is 6.34 Å². The highest BCUT2D eigenvalue weighted by Gasteiger charge is 2.24. The van der Waals surface area contributed by atoms with Crippen molar-refractivity contribution in [3.8, 4) is 0 Å². The quantitative estimate of drug-likeness (QED) is 0.792. The molecule has 1 aromatic heterocycles. The van der Waals surface area contributed by atoms with Gasteiger partial charge in [0.05, 0.1) is 24.9 Å². The highest BCUT2D eigenvalue weighted by atomic mass is 15.1. The Labute approximate surface area is 122 Å². The zero-order valence-corrected chi connectivity index (χ0v) is 13.0. The highest BCUT2D eigenvalue weighted by Crippen LogP contribution is 2.27. The number of aryl methyl sites for hydroxylation is 1. The van der Waals surface area contributed by atoms with Crippen molar-refractivity contribution in [2.75, 3.05) is 6.54 Å². The predicted octanol–water partition coefficient (Wildman–Crippen LogP) is 3.20. The molecule has 20 heavy (non-hydrogen) atoms. The lowest BCUT2D eigenvalue weighted by molar-refractivity contribution is 0.352. The van der Waals surface area contributed by atoms with Crippen molar-refractivity contribution in [3.05, 3.63) is 18.2 Å². The summed E-state index contributed by atoms with van der Waals surface area (Å²) in [5, 5.41) is 3.38. The molecule has 2 rings (SSSR count). The first kappa shape index (κ1) is 15.1. The van der Waals surface area contributed by atoms with Crippen molar-refractivity contribution in [2.24, 2.45) is 10.9 Å². The lowest BCUT2D eigenvalue weighted by Crippen LogP contribution is -2.33. The van der Waals surface area contributed by atoms with Crippen LogP contribution in [0, 0.1) is 5.92 Å². The van der Waals surface area contributed by atoms with E-state index in [1.54, 1.807) is 0 Å². The SMILES string of the molecule is CCCCn1cnc(C(C)CC(CC)C2CN=CN2)c1. The minimum absolute atomic E-state index is 0.518. The van der Waals surface area contributed by atoms with Crippen LogP contribution < -0.4 is 5.32 Å². The van der Waals surface area contributed by atoms with E-state index in [2.05, 4.69) is 46.8 Å².